The lowest BCUT2D eigenvalue weighted by Crippen LogP contribution is -1.92. The van der Waals surface area contributed by atoms with Gasteiger partial charge in [-0.1, -0.05) is 29.8 Å². The van der Waals surface area contributed by atoms with Gasteiger partial charge in [0.1, 0.15) is 17.2 Å². The highest BCUT2D eigenvalue weighted by molar-refractivity contribution is 6.32. The molecule has 3 nitrogen and oxygen atoms in total. The summed E-state index contributed by atoms with van der Waals surface area (Å²) >= 11 is 6.25. The van der Waals surface area contributed by atoms with Gasteiger partial charge in [-0.15, -0.1) is 0 Å². The lowest BCUT2D eigenvalue weighted by atomic mass is 10.0. The third kappa shape index (κ3) is 3.52. The third-order valence-corrected chi connectivity index (χ3v) is 3.96. The fraction of sp³-hybridized carbons (Fsp3) is 0.150. The van der Waals surface area contributed by atoms with Crippen molar-refractivity contribution in [3.8, 4) is 17.2 Å². The van der Waals surface area contributed by atoms with Crippen LogP contribution in [0.15, 0.2) is 54.6 Å². The van der Waals surface area contributed by atoms with Gasteiger partial charge in [-0.05, 0) is 55.0 Å². The predicted octanol–water partition coefficient (Wildman–Crippen LogP) is 5.89. The lowest BCUT2D eigenvalue weighted by molar-refractivity contribution is 0.101. The zero-order valence-corrected chi connectivity index (χ0v) is 14.3. The molecule has 3 rings (SSSR count). The van der Waals surface area contributed by atoms with Crippen molar-refractivity contribution < 1.29 is 14.3 Å². The quantitative estimate of drug-likeness (QED) is 0.543. The molecule has 0 amide bonds. The van der Waals surface area contributed by atoms with Crippen molar-refractivity contribution in [1.29, 1.82) is 0 Å². The monoisotopic (exact) mass is 340 g/mol. The van der Waals surface area contributed by atoms with Crippen molar-refractivity contribution in [3.05, 3.63) is 65.2 Å². The van der Waals surface area contributed by atoms with Crippen molar-refractivity contribution >= 4 is 28.2 Å². The van der Waals surface area contributed by atoms with Gasteiger partial charge in [0.2, 0.25) is 0 Å². The molecule has 4 heteroatoms. The maximum atomic E-state index is 11.5. The van der Waals surface area contributed by atoms with Crippen LogP contribution >= 0.6 is 11.6 Å². The number of Topliss-reactive ketones (excluding diaryl/α,β-unsaturated/α-hetero) is 1. The van der Waals surface area contributed by atoms with Gasteiger partial charge in [0.15, 0.2) is 5.78 Å². The number of carbonyl (C=O) groups excluding carboxylic acids is 1. The summed E-state index contributed by atoms with van der Waals surface area (Å²) < 4.78 is 11.3. The first-order chi connectivity index (χ1) is 11.6. The summed E-state index contributed by atoms with van der Waals surface area (Å²) in [5.41, 5.74) is 0.700. The summed E-state index contributed by atoms with van der Waals surface area (Å²) in [4.78, 5) is 11.5. The van der Waals surface area contributed by atoms with E-state index in [1.807, 2.05) is 49.4 Å². The Kier molecular flexibility index (Phi) is 4.72. The van der Waals surface area contributed by atoms with Gasteiger partial charge in [-0.3, -0.25) is 4.79 Å². The maximum absolute atomic E-state index is 11.5. The maximum Gasteiger partial charge on any atom is 0.159 e. The molecular formula is C20H17ClO3. The molecular weight excluding hydrogens is 324 g/mol. The highest BCUT2D eigenvalue weighted by Crippen LogP contribution is 2.33. The molecule has 0 saturated carbocycles. The molecule has 3 aromatic carbocycles. The van der Waals surface area contributed by atoms with Crippen LogP contribution in [0.5, 0.6) is 17.2 Å². The number of ether oxygens (including phenoxy) is 2. The molecule has 0 aliphatic rings. The van der Waals surface area contributed by atoms with E-state index in [0.717, 1.165) is 10.8 Å². The summed E-state index contributed by atoms with van der Waals surface area (Å²) in [6.45, 7) is 4.07. The number of ketones is 1. The van der Waals surface area contributed by atoms with Gasteiger partial charge in [-0.2, -0.15) is 0 Å². The molecule has 0 aliphatic heterocycles. The molecule has 0 spiro atoms. The van der Waals surface area contributed by atoms with E-state index in [1.54, 1.807) is 19.1 Å². The molecule has 0 saturated heterocycles. The predicted molar refractivity (Wildman–Crippen MR) is 96.6 cm³/mol. The second-order valence-electron chi connectivity index (χ2n) is 5.41. The average Bonchev–Trinajstić information content (AvgIpc) is 2.57. The molecule has 0 bridgehead atoms. The van der Waals surface area contributed by atoms with E-state index < -0.39 is 0 Å². The standard InChI is InChI=1S/C20H17ClO3/c1-3-23-17-8-9-20(19(21)12-17)24-18-7-6-15-10-14(13(2)22)4-5-16(15)11-18/h4-12H,3H2,1-2H3. The van der Waals surface area contributed by atoms with Crippen LogP contribution in [0.1, 0.15) is 24.2 Å². The van der Waals surface area contributed by atoms with E-state index in [9.17, 15) is 4.79 Å². The molecule has 0 aliphatic carbocycles. The summed E-state index contributed by atoms with van der Waals surface area (Å²) in [6.07, 6.45) is 0. The lowest BCUT2D eigenvalue weighted by Gasteiger charge is -2.10. The molecule has 24 heavy (non-hydrogen) atoms. The summed E-state index contributed by atoms with van der Waals surface area (Å²) in [5.74, 6) is 2.02. The first-order valence-corrected chi connectivity index (χ1v) is 8.09. The molecule has 0 atom stereocenters. The Bertz CT molecular complexity index is 903. The summed E-state index contributed by atoms with van der Waals surface area (Å²) in [7, 11) is 0. The second kappa shape index (κ2) is 6.93. The number of halogens is 1. The minimum atomic E-state index is 0.0541. The molecule has 0 fully saturated rings. The van der Waals surface area contributed by atoms with Crippen LogP contribution < -0.4 is 9.47 Å². The first kappa shape index (κ1) is 16.3. The average molecular weight is 341 g/mol. The van der Waals surface area contributed by atoms with Crippen molar-refractivity contribution in [3.63, 3.8) is 0 Å². The molecule has 0 N–H and O–H groups in total. The summed E-state index contributed by atoms with van der Waals surface area (Å²) in [6, 6.07) is 16.7. The Hall–Kier alpha value is -2.52. The van der Waals surface area contributed by atoms with E-state index in [4.69, 9.17) is 21.1 Å². The molecule has 0 aromatic heterocycles. The van der Waals surface area contributed by atoms with Gasteiger partial charge in [0.05, 0.1) is 11.6 Å². The zero-order valence-electron chi connectivity index (χ0n) is 13.5. The molecule has 122 valence electrons. The number of hydrogen-bond donors (Lipinski definition) is 0. The highest BCUT2D eigenvalue weighted by atomic mass is 35.5. The van der Waals surface area contributed by atoms with Gasteiger partial charge >= 0.3 is 0 Å². The number of rotatable bonds is 5. The fourth-order valence-electron chi connectivity index (χ4n) is 2.45. The van der Waals surface area contributed by atoms with Crippen LogP contribution in [-0.2, 0) is 0 Å². The molecule has 0 heterocycles. The van der Waals surface area contributed by atoms with Crippen molar-refractivity contribution in [2.75, 3.05) is 6.61 Å². The van der Waals surface area contributed by atoms with Crippen LogP contribution in [0.25, 0.3) is 10.8 Å². The van der Waals surface area contributed by atoms with Gasteiger partial charge in [0.25, 0.3) is 0 Å². The van der Waals surface area contributed by atoms with Crippen LogP contribution in [0, 0.1) is 0 Å². The van der Waals surface area contributed by atoms with Crippen LogP contribution in [-0.4, -0.2) is 12.4 Å². The Morgan fingerprint density at radius 2 is 1.67 bits per heavy atom. The number of benzene rings is 3. The molecule has 0 radical (unpaired) electrons. The van der Waals surface area contributed by atoms with Gasteiger partial charge < -0.3 is 9.47 Å². The Labute approximate surface area is 145 Å². The van der Waals surface area contributed by atoms with E-state index in [1.165, 1.54) is 0 Å². The normalized spacial score (nSPS) is 10.6. The molecule has 0 unspecified atom stereocenters. The number of carbonyl (C=O) groups is 1. The van der Waals surface area contributed by atoms with E-state index in [2.05, 4.69) is 0 Å². The largest absolute Gasteiger partial charge is 0.494 e. The third-order valence-electron chi connectivity index (χ3n) is 3.66. The fourth-order valence-corrected chi connectivity index (χ4v) is 2.66. The van der Waals surface area contributed by atoms with Gasteiger partial charge in [0, 0.05) is 11.6 Å². The van der Waals surface area contributed by atoms with Crippen LogP contribution in [0.3, 0.4) is 0 Å². The minimum Gasteiger partial charge on any atom is -0.494 e. The van der Waals surface area contributed by atoms with E-state index in [0.29, 0.717) is 34.4 Å². The minimum absolute atomic E-state index is 0.0541. The smallest absolute Gasteiger partial charge is 0.159 e. The van der Waals surface area contributed by atoms with E-state index >= 15 is 0 Å². The van der Waals surface area contributed by atoms with Crippen LogP contribution in [0.2, 0.25) is 5.02 Å². The zero-order chi connectivity index (χ0) is 17.1. The SMILES string of the molecule is CCOc1ccc(Oc2ccc3cc(C(C)=O)ccc3c2)c(Cl)c1. The Balaban J connectivity index is 1.87. The number of hydrogen-bond acceptors (Lipinski definition) is 3. The van der Waals surface area contributed by atoms with Crippen molar-refractivity contribution in [2.45, 2.75) is 13.8 Å². The van der Waals surface area contributed by atoms with Crippen LogP contribution in [0.4, 0.5) is 0 Å². The van der Waals surface area contributed by atoms with E-state index in [-0.39, 0.29) is 5.78 Å². The van der Waals surface area contributed by atoms with Crippen molar-refractivity contribution in [1.82, 2.24) is 0 Å². The second-order valence-corrected chi connectivity index (χ2v) is 5.81. The Morgan fingerprint density at radius 1 is 0.958 bits per heavy atom. The topological polar surface area (TPSA) is 35.5 Å². The number of fused-ring (bicyclic) bond motifs is 1. The van der Waals surface area contributed by atoms with Gasteiger partial charge in [-0.25, -0.2) is 0 Å². The summed E-state index contributed by atoms with van der Waals surface area (Å²) in [5, 5.41) is 2.49. The highest BCUT2D eigenvalue weighted by Gasteiger charge is 2.07. The Morgan fingerprint density at radius 3 is 2.38 bits per heavy atom. The first-order valence-electron chi connectivity index (χ1n) is 7.72. The molecule has 3 aromatic rings. The van der Waals surface area contributed by atoms with Crippen molar-refractivity contribution in [2.24, 2.45) is 0 Å².